The lowest BCUT2D eigenvalue weighted by atomic mass is 9.79. The summed E-state index contributed by atoms with van der Waals surface area (Å²) in [5, 5.41) is 0. The molecule has 0 saturated heterocycles. The van der Waals surface area contributed by atoms with Gasteiger partial charge in [-0.05, 0) is 38.0 Å². The Morgan fingerprint density at radius 3 is 2.17 bits per heavy atom. The Labute approximate surface area is 107 Å². The van der Waals surface area contributed by atoms with Crippen LogP contribution in [0.3, 0.4) is 0 Å². The lowest BCUT2D eigenvalue weighted by molar-refractivity contribution is -0.147. The van der Waals surface area contributed by atoms with E-state index in [1.807, 2.05) is 30.3 Å². The van der Waals surface area contributed by atoms with E-state index in [1.165, 1.54) is 20.1 Å². The molecule has 96 valence electrons. The molecule has 0 unspecified atom stereocenters. The molecule has 0 radical (unpaired) electrons. The first-order chi connectivity index (χ1) is 8.39. The van der Waals surface area contributed by atoms with E-state index < -0.39 is 5.41 Å². The van der Waals surface area contributed by atoms with Crippen LogP contribution in [-0.4, -0.2) is 18.9 Å². The summed E-state index contributed by atoms with van der Waals surface area (Å²) >= 11 is 0. The number of allylic oxidation sites excluding steroid dienone is 1. The van der Waals surface area contributed by atoms with Crippen molar-refractivity contribution in [3.05, 3.63) is 42.0 Å². The minimum Gasteiger partial charge on any atom is -0.468 e. The molecule has 0 aliphatic heterocycles. The van der Waals surface area contributed by atoms with Crippen LogP contribution in [0.15, 0.2) is 36.4 Å². The van der Waals surface area contributed by atoms with Crippen molar-refractivity contribution in [1.29, 1.82) is 0 Å². The number of ether oxygens (including phenoxy) is 1. The third-order valence-corrected chi connectivity index (χ3v) is 2.80. The zero-order valence-corrected chi connectivity index (χ0v) is 11.2. The molecule has 0 aliphatic rings. The largest absolute Gasteiger partial charge is 0.468 e. The van der Waals surface area contributed by atoms with Crippen LogP contribution in [0.4, 0.5) is 0 Å². The van der Waals surface area contributed by atoms with E-state index in [-0.39, 0.29) is 11.8 Å². The van der Waals surface area contributed by atoms with Crippen molar-refractivity contribution in [3.8, 4) is 0 Å². The molecule has 18 heavy (non-hydrogen) atoms. The van der Waals surface area contributed by atoms with Crippen molar-refractivity contribution >= 4 is 17.3 Å². The number of carbonyl (C=O) groups excluding carboxylic acids is 2. The van der Waals surface area contributed by atoms with Gasteiger partial charge in [-0.1, -0.05) is 30.3 Å². The Balaban J connectivity index is 3.32. The fourth-order valence-electron chi connectivity index (χ4n) is 1.81. The maximum Gasteiger partial charge on any atom is 0.315 e. The lowest BCUT2D eigenvalue weighted by Gasteiger charge is -2.25. The summed E-state index contributed by atoms with van der Waals surface area (Å²) < 4.78 is 4.81. The van der Waals surface area contributed by atoms with Gasteiger partial charge in [0, 0.05) is 0 Å². The highest BCUT2D eigenvalue weighted by Crippen LogP contribution is 2.35. The van der Waals surface area contributed by atoms with Crippen LogP contribution < -0.4 is 0 Å². The minimum absolute atomic E-state index is 0.0918. The van der Waals surface area contributed by atoms with Gasteiger partial charge < -0.3 is 4.74 Å². The summed E-state index contributed by atoms with van der Waals surface area (Å²) in [5.41, 5.74) is 0.660. The molecule has 0 bridgehead atoms. The smallest absolute Gasteiger partial charge is 0.315 e. The number of carbonyl (C=O) groups is 2. The molecule has 3 nitrogen and oxygen atoms in total. The number of esters is 1. The Hall–Kier alpha value is -1.90. The summed E-state index contributed by atoms with van der Waals surface area (Å²) in [6, 6.07) is 9.38. The van der Waals surface area contributed by atoms with Crippen LogP contribution in [0, 0.1) is 5.41 Å². The van der Waals surface area contributed by atoms with Crippen LogP contribution in [0.5, 0.6) is 0 Å². The van der Waals surface area contributed by atoms with Gasteiger partial charge in [0.1, 0.15) is 0 Å². The molecule has 1 rings (SSSR count). The van der Waals surface area contributed by atoms with Gasteiger partial charge in [0.25, 0.3) is 0 Å². The second kappa shape index (κ2) is 5.63. The highest BCUT2D eigenvalue weighted by atomic mass is 16.5. The molecule has 0 aliphatic carbocycles. The Bertz CT molecular complexity index is 470. The van der Waals surface area contributed by atoms with E-state index in [0.717, 1.165) is 5.56 Å². The van der Waals surface area contributed by atoms with E-state index in [4.69, 9.17) is 4.74 Å². The molecule has 0 saturated carbocycles. The minimum atomic E-state index is -0.859. The molecular weight excluding hydrogens is 228 g/mol. The Morgan fingerprint density at radius 2 is 1.72 bits per heavy atom. The average molecular weight is 246 g/mol. The average Bonchev–Trinajstić information content (AvgIpc) is 2.35. The second-order valence-corrected chi connectivity index (χ2v) is 4.65. The van der Waals surface area contributed by atoms with Crippen LogP contribution in [0.2, 0.25) is 0 Å². The van der Waals surface area contributed by atoms with Crippen LogP contribution in [-0.2, 0) is 14.3 Å². The Kier molecular flexibility index (Phi) is 4.43. The molecule has 0 heterocycles. The van der Waals surface area contributed by atoms with Crippen LogP contribution >= 0.6 is 0 Å². The normalized spacial score (nSPS) is 12.1. The van der Waals surface area contributed by atoms with Gasteiger partial charge in [0.15, 0.2) is 5.78 Å². The SMILES string of the molecule is COC(=O)C(C)(C)/C(=C/C(C)=O)c1ccccc1. The molecule has 1 aromatic carbocycles. The molecule has 0 amide bonds. The number of ketones is 1. The van der Waals surface area contributed by atoms with Gasteiger partial charge in [-0.2, -0.15) is 0 Å². The van der Waals surface area contributed by atoms with Gasteiger partial charge >= 0.3 is 5.97 Å². The highest BCUT2D eigenvalue weighted by molar-refractivity contribution is 6.01. The summed E-state index contributed by atoms with van der Waals surface area (Å²) in [6.45, 7) is 4.97. The lowest BCUT2D eigenvalue weighted by Crippen LogP contribution is -2.27. The number of rotatable bonds is 4. The van der Waals surface area contributed by atoms with E-state index >= 15 is 0 Å². The fraction of sp³-hybridized carbons (Fsp3) is 0.333. The van der Waals surface area contributed by atoms with Gasteiger partial charge in [-0.15, -0.1) is 0 Å². The van der Waals surface area contributed by atoms with Crippen LogP contribution in [0.1, 0.15) is 26.3 Å². The van der Waals surface area contributed by atoms with E-state index in [1.54, 1.807) is 13.8 Å². The van der Waals surface area contributed by atoms with Gasteiger partial charge in [0.05, 0.1) is 12.5 Å². The van der Waals surface area contributed by atoms with Crippen molar-refractivity contribution in [3.63, 3.8) is 0 Å². The van der Waals surface area contributed by atoms with Gasteiger partial charge in [0.2, 0.25) is 0 Å². The predicted molar refractivity (Wildman–Crippen MR) is 70.9 cm³/mol. The molecule has 0 N–H and O–H groups in total. The van der Waals surface area contributed by atoms with Crippen molar-refractivity contribution in [1.82, 2.24) is 0 Å². The zero-order valence-electron chi connectivity index (χ0n) is 11.2. The predicted octanol–water partition coefficient (Wildman–Crippen LogP) is 2.86. The number of methoxy groups -OCH3 is 1. The maximum atomic E-state index is 11.9. The Morgan fingerprint density at radius 1 is 1.17 bits per heavy atom. The number of hydrogen-bond acceptors (Lipinski definition) is 3. The van der Waals surface area contributed by atoms with Gasteiger partial charge in [-0.3, -0.25) is 9.59 Å². The van der Waals surface area contributed by atoms with Crippen molar-refractivity contribution in [2.24, 2.45) is 5.41 Å². The van der Waals surface area contributed by atoms with Crippen molar-refractivity contribution < 1.29 is 14.3 Å². The number of hydrogen-bond donors (Lipinski definition) is 0. The number of benzene rings is 1. The monoisotopic (exact) mass is 246 g/mol. The quantitative estimate of drug-likeness (QED) is 0.606. The van der Waals surface area contributed by atoms with Crippen LogP contribution in [0.25, 0.3) is 5.57 Å². The van der Waals surface area contributed by atoms with Gasteiger partial charge in [-0.25, -0.2) is 0 Å². The third-order valence-electron chi connectivity index (χ3n) is 2.80. The van der Waals surface area contributed by atoms with E-state index in [2.05, 4.69) is 0 Å². The molecule has 0 aromatic heterocycles. The molecule has 0 atom stereocenters. The fourth-order valence-corrected chi connectivity index (χ4v) is 1.81. The summed E-state index contributed by atoms with van der Waals surface area (Å²) in [6.07, 6.45) is 1.49. The third kappa shape index (κ3) is 3.06. The van der Waals surface area contributed by atoms with E-state index in [9.17, 15) is 9.59 Å². The first-order valence-corrected chi connectivity index (χ1v) is 5.76. The first-order valence-electron chi connectivity index (χ1n) is 5.76. The van der Waals surface area contributed by atoms with Crippen molar-refractivity contribution in [2.45, 2.75) is 20.8 Å². The standard InChI is InChI=1S/C15H18O3/c1-11(16)10-13(12-8-6-5-7-9-12)15(2,3)14(17)18-4/h5-10H,1-4H3/b13-10+. The first kappa shape index (κ1) is 14.2. The van der Waals surface area contributed by atoms with Crippen molar-refractivity contribution in [2.75, 3.05) is 7.11 Å². The molecule has 0 spiro atoms. The topological polar surface area (TPSA) is 43.4 Å². The molecule has 1 aromatic rings. The zero-order chi connectivity index (χ0) is 13.8. The summed E-state index contributed by atoms with van der Waals surface area (Å²) in [4.78, 5) is 23.2. The maximum absolute atomic E-state index is 11.9. The second-order valence-electron chi connectivity index (χ2n) is 4.65. The van der Waals surface area contributed by atoms with E-state index in [0.29, 0.717) is 5.57 Å². The molecular formula is C15H18O3. The summed E-state index contributed by atoms with van der Waals surface area (Å²) in [5.74, 6) is -0.454. The summed E-state index contributed by atoms with van der Waals surface area (Å²) in [7, 11) is 1.35. The molecule has 0 fully saturated rings. The molecule has 3 heteroatoms. The highest BCUT2D eigenvalue weighted by Gasteiger charge is 2.34.